The highest BCUT2D eigenvalue weighted by Gasteiger charge is 2.12. The summed E-state index contributed by atoms with van der Waals surface area (Å²) in [5.41, 5.74) is 3.39. The molecule has 1 aromatic carbocycles. The van der Waals surface area contributed by atoms with Crippen LogP contribution in [0.1, 0.15) is 44.6 Å². The van der Waals surface area contributed by atoms with E-state index in [2.05, 4.69) is 12.3 Å². The van der Waals surface area contributed by atoms with Gasteiger partial charge in [-0.2, -0.15) is 0 Å². The van der Waals surface area contributed by atoms with Crippen LogP contribution in [-0.4, -0.2) is 6.04 Å². The van der Waals surface area contributed by atoms with Gasteiger partial charge in [-0.3, -0.25) is 11.3 Å². The molecule has 0 aliphatic rings. The minimum Gasteiger partial charge on any atom is -0.271 e. The van der Waals surface area contributed by atoms with Crippen LogP contribution < -0.4 is 11.3 Å². The second-order valence-electron chi connectivity index (χ2n) is 4.63. The van der Waals surface area contributed by atoms with E-state index in [1.165, 1.54) is 19.3 Å². The lowest BCUT2D eigenvalue weighted by molar-refractivity contribution is 0.455. The quantitative estimate of drug-likeness (QED) is 0.429. The molecule has 2 nitrogen and oxygen atoms in total. The number of hydrogen-bond donors (Lipinski definition) is 2. The first-order valence-corrected chi connectivity index (χ1v) is 6.95. The monoisotopic (exact) mass is 272 g/mol. The second-order valence-corrected chi connectivity index (χ2v) is 5.04. The van der Waals surface area contributed by atoms with Gasteiger partial charge in [-0.15, -0.1) is 0 Å². The summed E-state index contributed by atoms with van der Waals surface area (Å²) in [6.45, 7) is 2.18. The SMILES string of the molecule is CCCCCCC(Cc1cccc(Cl)c1F)NN. The molecule has 0 spiro atoms. The van der Waals surface area contributed by atoms with E-state index in [4.69, 9.17) is 17.4 Å². The lowest BCUT2D eigenvalue weighted by Gasteiger charge is -2.16. The van der Waals surface area contributed by atoms with Gasteiger partial charge in [-0.1, -0.05) is 56.3 Å². The van der Waals surface area contributed by atoms with Gasteiger partial charge in [-0.05, 0) is 24.5 Å². The van der Waals surface area contributed by atoms with Gasteiger partial charge in [0.1, 0.15) is 5.82 Å². The summed E-state index contributed by atoms with van der Waals surface area (Å²) in [5.74, 6) is 5.19. The molecule has 0 aliphatic carbocycles. The van der Waals surface area contributed by atoms with Crippen molar-refractivity contribution in [2.24, 2.45) is 5.84 Å². The van der Waals surface area contributed by atoms with Crippen LogP contribution in [0, 0.1) is 5.82 Å². The van der Waals surface area contributed by atoms with E-state index in [9.17, 15) is 4.39 Å². The van der Waals surface area contributed by atoms with Crippen LogP contribution in [0.5, 0.6) is 0 Å². The van der Waals surface area contributed by atoms with E-state index in [-0.39, 0.29) is 16.9 Å². The number of hydrazine groups is 1. The van der Waals surface area contributed by atoms with E-state index < -0.39 is 0 Å². The Kier molecular flexibility index (Phi) is 7.25. The molecule has 0 saturated heterocycles. The fourth-order valence-electron chi connectivity index (χ4n) is 2.03. The minimum atomic E-state index is -0.326. The predicted molar refractivity (Wildman–Crippen MR) is 75.0 cm³/mol. The van der Waals surface area contributed by atoms with E-state index >= 15 is 0 Å². The molecule has 0 radical (unpaired) electrons. The lowest BCUT2D eigenvalue weighted by atomic mass is 10.0. The van der Waals surface area contributed by atoms with E-state index in [1.807, 2.05) is 0 Å². The fraction of sp³-hybridized carbons (Fsp3) is 0.571. The van der Waals surface area contributed by atoms with Gasteiger partial charge in [0.2, 0.25) is 0 Å². The van der Waals surface area contributed by atoms with Crippen LogP contribution in [0.3, 0.4) is 0 Å². The van der Waals surface area contributed by atoms with Crippen molar-refractivity contribution in [3.8, 4) is 0 Å². The molecule has 1 atom stereocenters. The Morgan fingerprint density at radius 2 is 2.11 bits per heavy atom. The number of nitrogens with two attached hydrogens (primary N) is 1. The number of rotatable bonds is 8. The van der Waals surface area contributed by atoms with Crippen molar-refractivity contribution in [1.82, 2.24) is 5.43 Å². The van der Waals surface area contributed by atoms with Gasteiger partial charge < -0.3 is 0 Å². The van der Waals surface area contributed by atoms with E-state index in [0.29, 0.717) is 12.0 Å². The molecular weight excluding hydrogens is 251 g/mol. The number of halogens is 2. The zero-order valence-corrected chi connectivity index (χ0v) is 11.6. The number of unbranched alkanes of at least 4 members (excludes halogenated alkanes) is 3. The maximum Gasteiger partial charge on any atom is 0.145 e. The van der Waals surface area contributed by atoms with Gasteiger partial charge in [0, 0.05) is 6.04 Å². The van der Waals surface area contributed by atoms with Crippen molar-refractivity contribution in [3.05, 3.63) is 34.6 Å². The van der Waals surface area contributed by atoms with E-state index in [1.54, 1.807) is 18.2 Å². The highest BCUT2D eigenvalue weighted by molar-refractivity contribution is 6.30. The first kappa shape index (κ1) is 15.4. The van der Waals surface area contributed by atoms with Gasteiger partial charge >= 0.3 is 0 Å². The van der Waals surface area contributed by atoms with Crippen molar-refractivity contribution in [3.63, 3.8) is 0 Å². The average molecular weight is 273 g/mol. The molecular formula is C14H22ClFN2. The Hall–Kier alpha value is -0.640. The molecule has 0 heterocycles. The maximum absolute atomic E-state index is 13.7. The highest BCUT2D eigenvalue weighted by Crippen LogP contribution is 2.20. The Morgan fingerprint density at radius 1 is 1.33 bits per heavy atom. The van der Waals surface area contributed by atoms with Crippen molar-refractivity contribution in [2.45, 2.75) is 51.5 Å². The topological polar surface area (TPSA) is 38.0 Å². The highest BCUT2D eigenvalue weighted by atomic mass is 35.5. The summed E-state index contributed by atoms with van der Waals surface area (Å²) in [5, 5.41) is 0.175. The molecule has 0 aromatic heterocycles. The summed E-state index contributed by atoms with van der Waals surface area (Å²) in [6, 6.07) is 5.20. The molecule has 0 bridgehead atoms. The summed E-state index contributed by atoms with van der Waals surface area (Å²) >= 11 is 5.76. The van der Waals surface area contributed by atoms with Gasteiger partial charge in [0.05, 0.1) is 5.02 Å². The smallest absolute Gasteiger partial charge is 0.145 e. The Morgan fingerprint density at radius 3 is 2.78 bits per heavy atom. The molecule has 3 N–H and O–H groups in total. The Labute approximate surface area is 114 Å². The predicted octanol–water partition coefficient (Wildman–Crippen LogP) is 3.82. The minimum absolute atomic E-state index is 0.106. The molecule has 4 heteroatoms. The molecule has 1 aromatic rings. The molecule has 0 saturated carbocycles. The third-order valence-electron chi connectivity index (χ3n) is 3.14. The molecule has 0 fully saturated rings. The molecule has 1 rings (SSSR count). The Balaban J connectivity index is 2.49. The van der Waals surface area contributed by atoms with Crippen molar-refractivity contribution in [1.29, 1.82) is 0 Å². The van der Waals surface area contributed by atoms with Crippen LogP contribution in [0.25, 0.3) is 0 Å². The van der Waals surface area contributed by atoms with Crippen molar-refractivity contribution >= 4 is 11.6 Å². The summed E-state index contributed by atoms with van der Waals surface area (Å²) < 4.78 is 13.7. The first-order chi connectivity index (χ1) is 8.69. The number of hydrogen-bond acceptors (Lipinski definition) is 2. The largest absolute Gasteiger partial charge is 0.271 e. The third kappa shape index (κ3) is 4.92. The van der Waals surface area contributed by atoms with Crippen LogP contribution in [-0.2, 0) is 6.42 Å². The van der Waals surface area contributed by atoms with Crippen molar-refractivity contribution in [2.75, 3.05) is 0 Å². The van der Waals surface area contributed by atoms with Crippen LogP contribution in [0.15, 0.2) is 18.2 Å². The molecule has 102 valence electrons. The molecule has 1 unspecified atom stereocenters. The number of benzene rings is 1. The van der Waals surface area contributed by atoms with Gasteiger partial charge in [0.25, 0.3) is 0 Å². The standard InChI is InChI=1S/C14H22ClFN2/c1-2-3-4-5-8-12(18-17)10-11-7-6-9-13(15)14(11)16/h6-7,9,12,18H,2-5,8,10,17H2,1H3. The summed E-state index contributed by atoms with van der Waals surface area (Å²) in [4.78, 5) is 0. The second kappa shape index (κ2) is 8.46. The normalized spacial score (nSPS) is 12.7. The molecule has 18 heavy (non-hydrogen) atoms. The van der Waals surface area contributed by atoms with Crippen molar-refractivity contribution < 1.29 is 4.39 Å². The van der Waals surface area contributed by atoms with Crippen LogP contribution in [0.4, 0.5) is 4.39 Å². The van der Waals surface area contributed by atoms with Gasteiger partial charge in [-0.25, -0.2) is 4.39 Å². The first-order valence-electron chi connectivity index (χ1n) is 6.58. The Bertz CT molecular complexity index is 358. The lowest BCUT2D eigenvalue weighted by Crippen LogP contribution is -2.36. The fourth-order valence-corrected chi connectivity index (χ4v) is 2.23. The third-order valence-corrected chi connectivity index (χ3v) is 3.43. The summed E-state index contributed by atoms with van der Waals surface area (Å²) in [7, 11) is 0. The number of nitrogens with one attached hydrogen (secondary N) is 1. The zero-order valence-electron chi connectivity index (χ0n) is 10.9. The molecule has 0 amide bonds. The maximum atomic E-state index is 13.7. The van der Waals surface area contributed by atoms with E-state index in [0.717, 1.165) is 12.8 Å². The molecule has 0 aliphatic heterocycles. The summed E-state index contributed by atoms with van der Waals surface area (Å²) in [6.07, 6.45) is 6.31. The van der Waals surface area contributed by atoms with Gasteiger partial charge in [0.15, 0.2) is 0 Å². The van der Waals surface area contributed by atoms with Crippen LogP contribution in [0.2, 0.25) is 5.02 Å². The van der Waals surface area contributed by atoms with Crippen LogP contribution >= 0.6 is 11.6 Å². The zero-order chi connectivity index (χ0) is 13.4. The average Bonchev–Trinajstić information content (AvgIpc) is 2.38.